The number of fused-ring (bicyclic) bond motifs is 1. The van der Waals surface area contributed by atoms with Crippen molar-refractivity contribution in [2.45, 2.75) is 44.6 Å². The molecule has 1 aliphatic rings. The molecular weight excluding hydrogens is 398 g/mol. The lowest BCUT2D eigenvalue weighted by atomic mass is 10.1. The molecule has 30 heavy (non-hydrogen) atoms. The van der Waals surface area contributed by atoms with Crippen LogP contribution in [0.15, 0.2) is 46.5 Å². The standard InChI is InChI=1S/C22H23N5O2S/c28-21(27-12-3-6-18(27)22-23-11-13-30-22)10-9-20-26-25-19(29-20)8-7-15-14-24-17-5-2-1-4-16(15)17/h1-2,4-5,11,13-14,18,24H,3,6-10,12H2. The Hall–Kier alpha value is -3.00. The summed E-state index contributed by atoms with van der Waals surface area (Å²) < 4.78 is 5.79. The van der Waals surface area contributed by atoms with Crippen LogP contribution in [0.4, 0.5) is 0 Å². The Morgan fingerprint density at radius 3 is 2.93 bits per heavy atom. The summed E-state index contributed by atoms with van der Waals surface area (Å²) in [6, 6.07) is 8.37. The molecule has 3 aromatic heterocycles. The molecule has 1 N–H and O–H groups in total. The van der Waals surface area contributed by atoms with Crippen molar-refractivity contribution in [3.63, 3.8) is 0 Å². The molecule has 0 bridgehead atoms. The highest BCUT2D eigenvalue weighted by Crippen LogP contribution is 2.33. The summed E-state index contributed by atoms with van der Waals surface area (Å²) in [5, 5.41) is 12.5. The summed E-state index contributed by atoms with van der Waals surface area (Å²) in [6.45, 7) is 0.794. The van der Waals surface area contributed by atoms with Crippen molar-refractivity contribution in [2.75, 3.05) is 6.54 Å². The van der Waals surface area contributed by atoms with E-state index in [1.54, 1.807) is 17.5 Å². The van der Waals surface area contributed by atoms with Crippen molar-refractivity contribution in [2.24, 2.45) is 0 Å². The van der Waals surface area contributed by atoms with Crippen LogP contribution in [0.5, 0.6) is 0 Å². The minimum Gasteiger partial charge on any atom is -0.425 e. The third-order valence-electron chi connectivity index (χ3n) is 5.65. The molecule has 8 heteroatoms. The van der Waals surface area contributed by atoms with Gasteiger partial charge in [0.05, 0.1) is 6.04 Å². The van der Waals surface area contributed by atoms with Crippen molar-refractivity contribution < 1.29 is 9.21 Å². The molecule has 7 nitrogen and oxygen atoms in total. The Morgan fingerprint density at radius 1 is 1.20 bits per heavy atom. The molecule has 154 valence electrons. The predicted molar refractivity (Wildman–Crippen MR) is 114 cm³/mol. The van der Waals surface area contributed by atoms with E-state index in [4.69, 9.17) is 4.42 Å². The van der Waals surface area contributed by atoms with Crippen molar-refractivity contribution in [1.29, 1.82) is 0 Å². The minimum absolute atomic E-state index is 0.118. The number of para-hydroxylation sites is 1. The Morgan fingerprint density at radius 2 is 2.07 bits per heavy atom. The molecule has 1 saturated heterocycles. The lowest BCUT2D eigenvalue weighted by molar-refractivity contribution is -0.132. The highest BCUT2D eigenvalue weighted by molar-refractivity contribution is 7.09. The van der Waals surface area contributed by atoms with Crippen LogP contribution in [0.2, 0.25) is 0 Å². The third kappa shape index (κ3) is 3.87. The number of H-pyrrole nitrogens is 1. The van der Waals surface area contributed by atoms with Crippen LogP contribution < -0.4 is 0 Å². The number of carbonyl (C=O) groups excluding carboxylic acids is 1. The van der Waals surface area contributed by atoms with Crippen LogP contribution >= 0.6 is 11.3 Å². The fourth-order valence-electron chi connectivity index (χ4n) is 4.15. The number of aromatic nitrogens is 4. The molecule has 1 atom stereocenters. The van der Waals surface area contributed by atoms with E-state index in [2.05, 4.69) is 32.3 Å². The van der Waals surface area contributed by atoms with E-state index in [9.17, 15) is 4.79 Å². The van der Waals surface area contributed by atoms with Crippen LogP contribution in [0, 0.1) is 0 Å². The zero-order valence-corrected chi connectivity index (χ0v) is 17.4. The second-order valence-electron chi connectivity index (χ2n) is 7.56. The number of rotatable bonds is 7. The van der Waals surface area contributed by atoms with Gasteiger partial charge < -0.3 is 14.3 Å². The summed E-state index contributed by atoms with van der Waals surface area (Å²) in [4.78, 5) is 22.4. The van der Waals surface area contributed by atoms with Crippen LogP contribution in [-0.2, 0) is 24.1 Å². The maximum Gasteiger partial charge on any atom is 0.223 e. The number of thiazole rings is 1. The van der Waals surface area contributed by atoms with Gasteiger partial charge in [0, 0.05) is 54.5 Å². The largest absolute Gasteiger partial charge is 0.425 e. The number of nitrogens with zero attached hydrogens (tertiary/aromatic N) is 4. The molecule has 0 aliphatic carbocycles. The second-order valence-corrected chi connectivity index (χ2v) is 8.49. The Balaban J connectivity index is 1.16. The van der Waals surface area contributed by atoms with E-state index in [0.717, 1.165) is 36.3 Å². The van der Waals surface area contributed by atoms with Crippen molar-refractivity contribution in [3.8, 4) is 0 Å². The summed E-state index contributed by atoms with van der Waals surface area (Å²) >= 11 is 1.62. The van der Waals surface area contributed by atoms with Crippen molar-refractivity contribution in [1.82, 2.24) is 25.1 Å². The number of carbonyl (C=O) groups is 1. The molecule has 0 spiro atoms. The predicted octanol–water partition coefficient (Wildman–Crippen LogP) is 4.09. The lowest BCUT2D eigenvalue weighted by Gasteiger charge is -2.22. The van der Waals surface area contributed by atoms with E-state index < -0.39 is 0 Å². The topological polar surface area (TPSA) is 87.9 Å². The number of aryl methyl sites for hydroxylation is 3. The van der Waals surface area contributed by atoms with Gasteiger partial charge in [0.1, 0.15) is 5.01 Å². The Labute approximate surface area is 178 Å². The van der Waals surface area contributed by atoms with Gasteiger partial charge >= 0.3 is 0 Å². The smallest absolute Gasteiger partial charge is 0.223 e. The number of hydrogen-bond donors (Lipinski definition) is 1. The zero-order valence-electron chi connectivity index (χ0n) is 16.6. The minimum atomic E-state index is 0.118. The monoisotopic (exact) mass is 421 g/mol. The van der Waals surface area contributed by atoms with E-state index in [1.807, 2.05) is 28.6 Å². The quantitative estimate of drug-likeness (QED) is 0.486. The normalized spacial score (nSPS) is 16.5. The first kappa shape index (κ1) is 19.0. The summed E-state index contributed by atoms with van der Waals surface area (Å²) in [5.41, 5.74) is 2.37. The first-order valence-electron chi connectivity index (χ1n) is 10.3. The fourth-order valence-corrected chi connectivity index (χ4v) is 4.93. The number of aromatic amines is 1. The van der Waals surface area contributed by atoms with Gasteiger partial charge in [-0.3, -0.25) is 4.79 Å². The molecule has 0 saturated carbocycles. The van der Waals surface area contributed by atoms with Gasteiger partial charge in [-0.1, -0.05) is 18.2 Å². The van der Waals surface area contributed by atoms with Gasteiger partial charge in [-0.15, -0.1) is 21.5 Å². The molecule has 1 unspecified atom stereocenters. The highest BCUT2D eigenvalue weighted by atomic mass is 32.1. The Bertz CT molecular complexity index is 1130. The number of nitrogens with one attached hydrogen (secondary N) is 1. The molecule has 1 aliphatic heterocycles. The second kappa shape index (κ2) is 8.39. The molecule has 1 aromatic carbocycles. The summed E-state index contributed by atoms with van der Waals surface area (Å²) in [7, 11) is 0. The maximum absolute atomic E-state index is 12.7. The van der Waals surface area contributed by atoms with Gasteiger partial charge in [-0.2, -0.15) is 0 Å². The molecule has 4 heterocycles. The average Bonchev–Trinajstić information content (AvgIpc) is 3.56. The molecule has 1 amide bonds. The van der Waals surface area contributed by atoms with Crippen molar-refractivity contribution >= 4 is 28.1 Å². The molecular formula is C22H23N5O2S. The van der Waals surface area contributed by atoms with Crippen LogP contribution in [-0.4, -0.2) is 37.5 Å². The maximum atomic E-state index is 12.7. The van der Waals surface area contributed by atoms with E-state index in [0.29, 0.717) is 31.0 Å². The third-order valence-corrected chi connectivity index (χ3v) is 6.53. The van der Waals surface area contributed by atoms with E-state index in [1.165, 1.54) is 10.9 Å². The summed E-state index contributed by atoms with van der Waals surface area (Å²) in [5.74, 6) is 1.28. The fraction of sp³-hybridized carbons (Fsp3) is 0.364. The van der Waals surface area contributed by atoms with Gasteiger partial charge in [0.2, 0.25) is 17.7 Å². The van der Waals surface area contributed by atoms with Crippen LogP contribution in [0.3, 0.4) is 0 Å². The first-order chi connectivity index (χ1) is 14.8. The number of benzene rings is 1. The van der Waals surface area contributed by atoms with E-state index in [-0.39, 0.29) is 11.9 Å². The van der Waals surface area contributed by atoms with Gasteiger partial charge in [0.25, 0.3) is 0 Å². The van der Waals surface area contributed by atoms with E-state index >= 15 is 0 Å². The van der Waals surface area contributed by atoms with Gasteiger partial charge in [-0.25, -0.2) is 4.98 Å². The zero-order chi connectivity index (χ0) is 20.3. The van der Waals surface area contributed by atoms with Crippen LogP contribution in [0.25, 0.3) is 10.9 Å². The molecule has 0 radical (unpaired) electrons. The Kier molecular flexibility index (Phi) is 5.31. The average molecular weight is 422 g/mol. The number of amides is 1. The van der Waals surface area contributed by atoms with Gasteiger partial charge in [0.15, 0.2) is 0 Å². The number of likely N-dealkylation sites (tertiary alicyclic amines) is 1. The molecule has 4 aromatic rings. The van der Waals surface area contributed by atoms with Crippen molar-refractivity contribution in [3.05, 3.63) is 64.4 Å². The van der Waals surface area contributed by atoms with Gasteiger partial charge in [-0.05, 0) is 30.9 Å². The molecule has 5 rings (SSSR count). The number of hydrogen-bond acceptors (Lipinski definition) is 6. The molecule has 1 fully saturated rings. The lowest BCUT2D eigenvalue weighted by Crippen LogP contribution is -2.30. The SMILES string of the molecule is O=C(CCc1nnc(CCc2c[nH]c3ccccc23)o1)N1CCCC1c1nccs1. The summed E-state index contributed by atoms with van der Waals surface area (Å²) in [6.07, 6.45) is 8.21. The van der Waals surface area contributed by atoms with Crippen LogP contribution in [0.1, 0.15) is 47.7 Å². The first-order valence-corrected chi connectivity index (χ1v) is 11.2. The highest BCUT2D eigenvalue weighted by Gasteiger charge is 2.31.